The van der Waals surface area contributed by atoms with E-state index in [4.69, 9.17) is 9.72 Å². The third-order valence-electron chi connectivity index (χ3n) is 6.22. The number of nitrogens with zero attached hydrogens (tertiary/aromatic N) is 4. The number of methoxy groups -OCH3 is 1. The zero-order valence-electron chi connectivity index (χ0n) is 17.8. The number of hydrogen-bond acceptors (Lipinski definition) is 5. The molecule has 152 valence electrons. The van der Waals surface area contributed by atoms with Gasteiger partial charge in [0.15, 0.2) is 0 Å². The maximum absolute atomic E-state index is 13.1. The van der Waals surface area contributed by atoms with Gasteiger partial charge in [-0.1, -0.05) is 13.3 Å². The van der Waals surface area contributed by atoms with Crippen molar-refractivity contribution < 1.29 is 4.74 Å². The lowest BCUT2D eigenvalue weighted by molar-refractivity contribution is 0.203. The van der Waals surface area contributed by atoms with Crippen LogP contribution >= 0.6 is 0 Å². The summed E-state index contributed by atoms with van der Waals surface area (Å²) < 4.78 is 7.33. The minimum absolute atomic E-state index is 0.00848. The Hall–Kier alpha value is -2.76. The second kappa shape index (κ2) is 7.58. The molecule has 0 bridgehead atoms. The van der Waals surface area contributed by atoms with E-state index in [1.54, 1.807) is 20.2 Å². The summed E-state index contributed by atoms with van der Waals surface area (Å²) in [6.45, 7) is 7.88. The molecule has 0 aromatic carbocycles. The van der Waals surface area contributed by atoms with Crippen LogP contribution in [-0.2, 0) is 0 Å². The van der Waals surface area contributed by atoms with Crippen molar-refractivity contribution in [1.82, 2.24) is 19.5 Å². The predicted octanol–water partition coefficient (Wildman–Crippen LogP) is 4.54. The maximum Gasteiger partial charge on any atom is 0.272 e. The average Bonchev–Trinajstić information content (AvgIpc) is 2.67. The maximum atomic E-state index is 13.1. The van der Waals surface area contributed by atoms with E-state index in [0.29, 0.717) is 17.5 Å². The first-order chi connectivity index (χ1) is 14.0. The van der Waals surface area contributed by atoms with Gasteiger partial charge in [-0.3, -0.25) is 9.78 Å². The second-order valence-corrected chi connectivity index (χ2v) is 8.01. The smallest absolute Gasteiger partial charge is 0.272 e. The fourth-order valence-electron chi connectivity index (χ4n) is 4.46. The molecule has 6 nitrogen and oxygen atoms in total. The average molecular weight is 393 g/mol. The van der Waals surface area contributed by atoms with Crippen molar-refractivity contribution in [3.05, 3.63) is 45.6 Å². The third kappa shape index (κ3) is 3.20. The van der Waals surface area contributed by atoms with Crippen LogP contribution in [0.2, 0.25) is 0 Å². The first-order valence-corrected chi connectivity index (χ1v) is 10.4. The molecule has 3 aromatic heterocycles. The van der Waals surface area contributed by atoms with Crippen molar-refractivity contribution in [2.45, 2.75) is 59.4 Å². The lowest BCUT2D eigenvalue weighted by Crippen LogP contribution is -2.34. The summed E-state index contributed by atoms with van der Waals surface area (Å²) in [6.07, 6.45) is 6.33. The number of aromatic nitrogens is 4. The van der Waals surface area contributed by atoms with E-state index >= 15 is 0 Å². The Morgan fingerprint density at radius 2 is 1.97 bits per heavy atom. The van der Waals surface area contributed by atoms with Crippen molar-refractivity contribution in [3.63, 3.8) is 0 Å². The Morgan fingerprint density at radius 3 is 2.59 bits per heavy atom. The first kappa shape index (κ1) is 19.6. The molecule has 4 rings (SSSR count). The van der Waals surface area contributed by atoms with Gasteiger partial charge >= 0.3 is 0 Å². The molecule has 0 radical (unpaired) electrons. The molecule has 0 N–H and O–H groups in total. The summed E-state index contributed by atoms with van der Waals surface area (Å²) >= 11 is 0. The molecule has 1 aliphatic rings. The van der Waals surface area contributed by atoms with Crippen molar-refractivity contribution in [1.29, 1.82) is 0 Å². The Kier molecular flexibility index (Phi) is 5.11. The van der Waals surface area contributed by atoms with E-state index < -0.39 is 0 Å². The van der Waals surface area contributed by atoms with Crippen LogP contribution in [0.5, 0.6) is 5.88 Å². The highest BCUT2D eigenvalue weighted by atomic mass is 16.5. The molecule has 6 heteroatoms. The Labute approximate surface area is 171 Å². The molecule has 29 heavy (non-hydrogen) atoms. The molecule has 1 atom stereocenters. The van der Waals surface area contributed by atoms with E-state index in [0.717, 1.165) is 40.0 Å². The highest BCUT2D eigenvalue weighted by Crippen LogP contribution is 2.39. The molecule has 0 unspecified atom stereocenters. The summed E-state index contributed by atoms with van der Waals surface area (Å²) in [6, 6.07) is 4.17. The predicted molar refractivity (Wildman–Crippen MR) is 114 cm³/mol. The van der Waals surface area contributed by atoms with Gasteiger partial charge in [0.2, 0.25) is 5.88 Å². The fourth-order valence-corrected chi connectivity index (χ4v) is 4.46. The van der Waals surface area contributed by atoms with E-state index in [2.05, 4.69) is 16.9 Å². The number of ether oxygens (including phenoxy) is 1. The molecule has 0 saturated heterocycles. The van der Waals surface area contributed by atoms with Gasteiger partial charge in [-0.2, -0.15) is 0 Å². The molecular weight excluding hydrogens is 364 g/mol. The van der Waals surface area contributed by atoms with Crippen molar-refractivity contribution >= 4 is 11.0 Å². The third-order valence-corrected chi connectivity index (χ3v) is 6.22. The van der Waals surface area contributed by atoms with Gasteiger partial charge in [-0.15, -0.1) is 0 Å². The quantitative estimate of drug-likeness (QED) is 0.638. The van der Waals surface area contributed by atoms with Crippen LogP contribution < -0.4 is 10.3 Å². The lowest BCUT2D eigenvalue weighted by atomic mass is 9.78. The van der Waals surface area contributed by atoms with E-state index in [1.807, 2.05) is 30.5 Å². The molecule has 0 spiro atoms. The van der Waals surface area contributed by atoms with E-state index in [9.17, 15) is 4.79 Å². The SMILES string of the molecule is CC[C@H](C1CCC1)n1c(=O)c(C)nc2c(-c3cc(C)c(OC)nc3C)nccc21. The monoisotopic (exact) mass is 392 g/mol. The van der Waals surface area contributed by atoms with Gasteiger partial charge < -0.3 is 9.30 Å². The molecule has 1 aliphatic carbocycles. The summed E-state index contributed by atoms with van der Waals surface area (Å²) in [5.74, 6) is 1.18. The second-order valence-electron chi connectivity index (χ2n) is 8.01. The van der Waals surface area contributed by atoms with Crippen LogP contribution in [-0.4, -0.2) is 26.6 Å². The molecule has 0 amide bonds. The van der Waals surface area contributed by atoms with Crippen molar-refractivity contribution in [2.75, 3.05) is 7.11 Å². The summed E-state index contributed by atoms with van der Waals surface area (Å²) in [5.41, 5.74) is 5.60. The topological polar surface area (TPSA) is 69.9 Å². The largest absolute Gasteiger partial charge is 0.481 e. The number of hydrogen-bond donors (Lipinski definition) is 0. The highest BCUT2D eigenvalue weighted by molar-refractivity contribution is 5.90. The number of pyridine rings is 2. The van der Waals surface area contributed by atoms with E-state index in [1.165, 1.54) is 19.3 Å². The van der Waals surface area contributed by atoms with Crippen LogP contribution in [0.4, 0.5) is 0 Å². The number of aryl methyl sites for hydroxylation is 3. The summed E-state index contributed by atoms with van der Waals surface area (Å²) in [5, 5.41) is 0. The first-order valence-electron chi connectivity index (χ1n) is 10.4. The molecular formula is C23H28N4O2. The minimum Gasteiger partial charge on any atom is -0.481 e. The summed E-state index contributed by atoms with van der Waals surface area (Å²) in [7, 11) is 1.62. The van der Waals surface area contributed by atoms with Gasteiger partial charge in [-0.25, -0.2) is 9.97 Å². The highest BCUT2D eigenvalue weighted by Gasteiger charge is 2.30. The summed E-state index contributed by atoms with van der Waals surface area (Å²) in [4.78, 5) is 27.1. The molecule has 3 aromatic rings. The Balaban J connectivity index is 1.99. The fraction of sp³-hybridized carbons (Fsp3) is 0.478. The minimum atomic E-state index is 0.00848. The van der Waals surface area contributed by atoms with Crippen molar-refractivity contribution in [3.8, 4) is 17.1 Å². The van der Waals surface area contributed by atoms with Gasteiger partial charge in [0.05, 0.1) is 24.0 Å². The van der Waals surface area contributed by atoms with Crippen LogP contribution in [0.15, 0.2) is 23.1 Å². The lowest BCUT2D eigenvalue weighted by Gasteiger charge is -2.35. The van der Waals surface area contributed by atoms with Gasteiger partial charge in [0.1, 0.15) is 11.2 Å². The zero-order chi connectivity index (χ0) is 20.7. The van der Waals surface area contributed by atoms with Gasteiger partial charge in [0, 0.05) is 23.4 Å². The number of rotatable bonds is 5. The van der Waals surface area contributed by atoms with Crippen molar-refractivity contribution in [2.24, 2.45) is 5.92 Å². The normalized spacial score (nSPS) is 15.3. The van der Waals surface area contributed by atoms with Crippen LogP contribution in [0.25, 0.3) is 22.3 Å². The van der Waals surface area contributed by atoms with E-state index in [-0.39, 0.29) is 11.6 Å². The van der Waals surface area contributed by atoms with Gasteiger partial charge in [-0.05, 0) is 58.1 Å². The Bertz CT molecular complexity index is 1130. The van der Waals surface area contributed by atoms with Crippen LogP contribution in [0.3, 0.4) is 0 Å². The number of fused-ring (bicyclic) bond motifs is 1. The zero-order valence-corrected chi connectivity index (χ0v) is 17.8. The van der Waals surface area contributed by atoms with Gasteiger partial charge in [0.25, 0.3) is 5.56 Å². The molecule has 0 aliphatic heterocycles. The molecule has 1 fully saturated rings. The standard InChI is InChI=1S/C23H28N4O2/c1-6-18(16-8-7-9-16)27-19-10-11-24-20(21(19)25-15(4)23(27)28)17-12-13(2)22(29-5)26-14(17)3/h10-12,16,18H,6-9H2,1-5H3/t18-/m1/s1. The van der Waals surface area contributed by atoms with Crippen LogP contribution in [0, 0.1) is 26.7 Å². The molecule has 1 saturated carbocycles. The molecule has 3 heterocycles. The van der Waals surface area contributed by atoms with Crippen LogP contribution in [0.1, 0.15) is 55.6 Å². The Morgan fingerprint density at radius 1 is 1.21 bits per heavy atom.